The summed E-state index contributed by atoms with van der Waals surface area (Å²) in [6.07, 6.45) is 0.691. The van der Waals surface area contributed by atoms with Gasteiger partial charge in [-0.1, -0.05) is 37.3 Å². The van der Waals surface area contributed by atoms with Gasteiger partial charge in [0.15, 0.2) is 5.82 Å². The highest BCUT2D eigenvalue weighted by Gasteiger charge is 2.27. The number of nitrogens with zero attached hydrogens (tertiary/aromatic N) is 2. The Kier molecular flexibility index (Phi) is 6.47. The maximum absolute atomic E-state index is 12.3. The van der Waals surface area contributed by atoms with Gasteiger partial charge < -0.3 is 5.73 Å². The zero-order valence-electron chi connectivity index (χ0n) is 11.5. The second kappa shape index (κ2) is 7.65. The summed E-state index contributed by atoms with van der Waals surface area (Å²) < 4.78 is 36.9. The van der Waals surface area contributed by atoms with Gasteiger partial charge in [0.05, 0.1) is 0 Å². The van der Waals surface area contributed by atoms with Crippen molar-refractivity contribution in [3.05, 3.63) is 11.5 Å². The third-order valence-corrected chi connectivity index (χ3v) is 3.48. The number of hydrogen-bond donors (Lipinski definition) is 3. The molecule has 0 spiro atoms. The van der Waals surface area contributed by atoms with E-state index in [2.05, 4.69) is 4.99 Å². The molecule has 0 saturated heterocycles. The average Bonchev–Trinajstić information content (AvgIpc) is 2.65. The van der Waals surface area contributed by atoms with Crippen LogP contribution in [0.5, 0.6) is 0 Å². The van der Waals surface area contributed by atoms with E-state index in [-0.39, 0.29) is 23.8 Å². The molecule has 0 aliphatic heterocycles. The van der Waals surface area contributed by atoms with E-state index in [0.29, 0.717) is 0 Å². The number of alkyl halides is 3. The Morgan fingerprint density at radius 3 is 2.19 bits per heavy atom. The Bertz CT molecular complexity index is 425. The van der Waals surface area contributed by atoms with Crippen LogP contribution in [-0.4, -0.2) is 28.6 Å². The third kappa shape index (κ3) is 5.92. The molecule has 0 unspecified atom stereocenters. The van der Waals surface area contributed by atoms with Crippen LogP contribution in [0, 0.1) is 5.41 Å². The van der Waals surface area contributed by atoms with Gasteiger partial charge in [-0.05, 0) is 12.8 Å². The molecule has 5 nitrogen and oxygen atoms in total. The lowest BCUT2D eigenvalue weighted by Crippen LogP contribution is -2.41. The lowest BCUT2D eigenvalue weighted by Gasteiger charge is -2.29. The number of allylic oxidation sites excluding steroid dienone is 1. The Morgan fingerprint density at radius 1 is 1.24 bits per heavy atom. The minimum absolute atomic E-state index is 0.164. The van der Waals surface area contributed by atoms with Crippen molar-refractivity contribution >= 4 is 23.0 Å². The average molecular weight is 326 g/mol. The van der Waals surface area contributed by atoms with Crippen LogP contribution in [0.2, 0.25) is 0 Å². The smallest absolute Gasteiger partial charge is 0.393 e. The monoisotopic (exact) mass is 325 g/mol. The van der Waals surface area contributed by atoms with E-state index in [1.54, 1.807) is 0 Å². The van der Waals surface area contributed by atoms with Crippen molar-refractivity contribution in [3.63, 3.8) is 0 Å². The minimum atomic E-state index is -4.59. The van der Waals surface area contributed by atoms with Gasteiger partial charge in [0.25, 0.3) is 0 Å². The minimum Gasteiger partial charge on any atom is -0.393 e. The predicted molar refractivity (Wildman–Crippen MR) is 76.9 cm³/mol. The summed E-state index contributed by atoms with van der Waals surface area (Å²) in [5.74, 6) is 5.57. The maximum Gasteiger partial charge on any atom is 0.426 e. The number of rotatable bonds is 4. The van der Waals surface area contributed by atoms with Crippen molar-refractivity contribution < 1.29 is 13.2 Å². The molecule has 0 aromatic rings. The van der Waals surface area contributed by atoms with Gasteiger partial charge in [-0.15, -0.1) is 0 Å². The maximum atomic E-state index is 12.3. The van der Waals surface area contributed by atoms with Crippen molar-refractivity contribution in [1.29, 1.82) is 5.41 Å². The summed E-state index contributed by atoms with van der Waals surface area (Å²) in [4.78, 5) is 3.30. The fourth-order valence-electron chi connectivity index (χ4n) is 2.22. The number of nitrogens with two attached hydrogens (primary N) is 2. The zero-order chi connectivity index (χ0) is 16.0. The van der Waals surface area contributed by atoms with Crippen molar-refractivity contribution in [1.82, 2.24) is 5.01 Å². The van der Waals surface area contributed by atoms with E-state index < -0.39 is 11.3 Å². The number of halogens is 4. The summed E-state index contributed by atoms with van der Waals surface area (Å²) in [5.41, 5.74) is 5.19. The van der Waals surface area contributed by atoms with Crippen molar-refractivity contribution in [2.24, 2.45) is 16.6 Å². The van der Waals surface area contributed by atoms with Crippen LogP contribution in [0.4, 0.5) is 13.2 Å². The number of nitrogens with one attached hydrogen (secondary N) is 1. The molecule has 21 heavy (non-hydrogen) atoms. The van der Waals surface area contributed by atoms with Gasteiger partial charge >= 0.3 is 6.18 Å². The van der Waals surface area contributed by atoms with E-state index in [0.717, 1.165) is 43.5 Å². The van der Waals surface area contributed by atoms with Crippen molar-refractivity contribution in [2.45, 2.75) is 50.7 Å². The Labute approximate surface area is 126 Å². The van der Waals surface area contributed by atoms with Crippen LogP contribution in [-0.2, 0) is 0 Å². The number of hydrazine groups is 1. The summed E-state index contributed by atoms with van der Waals surface area (Å²) in [5, 5.41) is 7.78. The Morgan fingerprint density at radius 2 is 1.76 bits per heavy atom. The predicted octanol–water partition coefficient (Wildman–Crippen LogP) is 2.86. The molecule has 1 rings (SSSR count). The first-order chi connectivity index (χ1) is 9.72. The number of hydrogen-bond acceptors (Lipinski definition) is 5. The first-order valence-electron chi connectivity index (χ1n) is 6.62. The van der Waals surface area contributed by atoms with Gasteiger partial charge in [0.2, 0.25) is 0 Å². The van der Waals surface area contributed by atoms with Crippen LogP contribution >= 0.6 is 11.6 Å². The van der Waals surface area contributed by atoms with Crippen LogP contribution < -0.4 is 11.6 Å². The molecule has 0 aromatic heterocycles. The van der Waals surface area contributed by atoms with Crippen LogP contribution in [0.25, 0.3) is 0 Å². The molecule has 1 saturated carbocycles. The Hall–Kier alpha value is -1.28. The first kappa shape index (κ1) is 17.8. The van der Waals surface area contributed by atoms with E-state index in [1.165, 1.54) is 0 Å². The van der Waals surface area contributed by atoms with Gasteiger partial charge in [0.1, 0.15) is 17.1 Å². The Balaban J connectivity index is 3.03. The highest BCUT2D eigenvalue weighted by Crippen LogP contribution is 2.24. The molecule has 1 aliphatic carbocycles. The van der Waals surface area contributed by atoms with Gasteiger partial charge in [-0.2, -0.15) is 13.2 Å². The topological polar surface area (TPSA) is 91.5 Å². The number of aliphatic imine (C=N–C) groups is 1. The highest BCUT2D eigenvalue weighted by molar-refractivity contribution is 6.68. The molecule has 0 amide bonds. The second-order valence-corrected chi connectivity index (χ2v) is 5.28. The zero-order valence-corrected chi connectivity index (χ0v) is 12.2. The van der Waals surface area contributed by atoms with E-state index in [4.69, 9.17) is 28.6 Å². The lowest BCUT2D eigenvalue weighted by atomic mass is 10.1. The lowest BCUT2D eigenvalue weighted by molar-refractivity contribution is -0.0537. The molecule has 1 aliphatic rings. The third-order valence-electron chi connectivity index (χ3n) is 3.27. The van der Waals surface area contributed by atoms with E-state index in [1.807, 2.05) is 0 Å². The summed E-state index contributed by atoms with van der Waals surface area (Å²) in [6.45, 7) is 0. The molecular weight excluding hydrogens is 307 g/mol. The molecule has 0 bridgehead atoms. The fourth-order valence-corrected chi connectivity index (χ4v) is 2.30. The summed E-state index contributed by atoms with van der Waals surface area (Å²) in [6, 6.07) is -0.164. The molecule has 0 heterocycles. The van der Waals surface area contributed by atoms with Crippen molar-refractivity contribution in [3.8, 4) is 0 Å². The van der Waals surface area contributed by atoms with E-state index in [9.17, 15) is 13.2 Å². The van der Waals surface area contributed by atoms with Crippen LogP contribution in [0.3, 0.4) is 0 Å². The fraction of sp³-hybridized carbons (Fsp3) is 0.667. The highest BCUT2D eigenvalue weighted by atomic mass is 35.5. The summed E-state index contributed by atoms with van der Waals surface area (Å²) >= 11 is 5.45. The molecule has 5 N–H and O–H groups in total. The molecule has 1 fully saturated rings. The molecular formula is C12H19ClF3N5. The van der Waals surface area contributed by atoms with Gasteiger partial charge in [0, 0.05) is 6.04 Å². The van der Waals surface area contributed by atoms with E-state index >= 15 is 0 Å². The summed E-state index contributed by atoms with van der Waals surface area (Å²) in [7, 11) is 0. The van der Waals surface area contributed by atoms with Crippen molar-refractivity contribution in [2.75, 3.05) is 0 Å². The second-order valence-electron chi connectivity index (χ2n) is 4.90. The van der Waals surface area contributed by atoms with Crippen LogP contribution in [0.15, 0.2) is 16.5 Å². The van der Waals surface area contributed by atoms with Crippen LogP contribution in [0.1, 0.15) is 38.5 Å². The van der Waals surface area contributed by atoms with Gasteiger partial charge in [-0.3, -0.25) is 10.4 Å². The molecule has 0 radical (unpaired) electrons. The molecule has 120 valence electrons. The first-order valence-corrected chi connectivity index (χ1v) is 7.00. The quantitative estimate of drug-likeness (QED) is 0.321. The standard InChI is InChI=1S/C12H19ClF3N5/c13-10(18)9(17)11(20-7-12(14,15)16)21(19)8-5-3-1-2-4-6-8/h7-8,18H,1-6,17,19H2/b11-9-,18-10?,20-7+. The molecule has 0 atom stereocenters. The molecule has 9 heteroatoms. The largest absolute Gasteiger partial charge is 0.426 e. The SMILES string of the molecule is N=C(Cl)/C(N)=C(\N=C\C(F)(F)F)N(N)C1CCCCCC1. The van der Waals surface area contributed by atoms with Gasteiger partial charge in [-0.25, -0.2) is 10.8 Å². The normalized spacial score (nSPS) is 19.3. The molecule has 0 aromatic carbocycles.